The van der Waals surface area contributed by atoms with Crippen LogP contribution in [0.1, 0.15) is 50.8 Å². The van der Waals surface area contributed by atoms with Gasteiger partial charge in [-0.2, -0.15) is 13.2 Å². The molecule has 2 aromatic rings. The summed E-state index contributed by atoms with van der Waals surface area (Å²) >= 11 is 0. The highest BCUT2D eigenvalue weighted by atomic mass is 19.4. The lowest BCUT2D eigenvalue weighted by Gasteiger charge is -2.59. The zero-order chi connectivity index (χ0) is 22.4. The molecule has 168 valence electrons. The lowest BCUT2D eigenvalue weighted by molar-refractivity contribution is -0.127. The van der Waals surface area contributed by atoms with Crippen molar-refractivity contribution in [2.45, 2.75) is 57.9 Å². The predicted molar refractivity (Wildman–Crippen MR) is 112 cm³/mol. The Bertz CT molecular complexity index is 978. The van der Waals surface area contributed by atoms with Gasteiger partial charge in [0.15, 0.2) is 0 Å². The lowest BCUT2D eigenvalue weighted by atomic mass is 9.63. The van der Waals surface area contributed by atoms with Gasteiger partial charge in [0.25, 0.3) is 0 Å². The molecule has 31 heavy (non-hydrogen) atoms. The Morgan fingerprint density at radius 3 is 2.58 bits per heavy atom. The molecule has 1 atom stereocenters. The molecule has 2 saturated heterocycles. The Kier molecular flexibility index (Phi) is 5.40. The summed E-state index contributed by atoms with van der Waals surface area (Å²) in [5, 5.41) is 4.03. The number of aromatic nitrogens is 1. The Balaban J connectivity index is 1.77. The van der Waals surface area contributed by atoms with E-state index in [2.05, 4.69) is 10.3 Å². The van der Waals surface area contributed by atoms with Gasteiger partial charge in [0.1, 0.15) is 5.60 Å². The molecule has 4 rings (SSSR count). The number of nitrogens with one attached hydrogen (secondary N) is 1. The van der Waals surface area contributed by atoms with Crippen molar-refractivity contribution in [3.63, 3.8) is 0 Å². The van der Waals surface area contributed by atoms with E-state index < -0.39 is 24.3 Å². The first-order valence-electron chi connectivity index (χ1n) is 10.6. The fourth-order valence-electron chi connectivity index (χ4n) is 4.87. The van der Waals surface area contributed by atoms with Gasteiger partial charge < -0.3 is 10.1 Å². The summed E-state index contributed by atoms with van der Waals surface area (Å²) in [6.45, 7) is 7.75. The van der Waals surface area contributed by atoms with Gasteiger partial charge >= 0.3 is 12.3 Å². The van der Waals surface area contributed by atoms with Crippen molar-refractivity contribution in [2.75, 3.05) is 19.6 Å². The van der Waals surface area contributed by atoms with Gasteiger partial charge in [0.05, 0.1) is 18.0 Å². The molecule has 1 spiro atoms. The smallest absolute Gasteiger partial charge is 0.410 e. The summed E-state index contributed by atoms with van der Waals surface area (Å²) in [6.07, 6.45) is -2.22. The van der Waals surface area contributed by atoms with Gasteiger partial charge in [0.2, 0.25) is 0 Å². The highest BCUT2D eigenvalue weighted by Gasteiger charge is 2.56. The maximum atomic E-state index is 13.0. The summed E-state index contributed by atoms with van der Waals surface area (Å²) < 4.78 is 44.6. The second kappa shape index (κ2) is 7.65. The minimum Gasteiger partial charge on any atom is -0.444 e. The number of halogens is 3. The van der Waals surface area contributed by atoms with Crippen LogP contribution in [0.15, 0.2) is 30.5 Å². The quantitative estimate of drug-likeness (QED) is 0.721. The first kappa shape index (κ1) is 21.9. The third-order valence-electron chi connectivity index (χ3n) is 6.14. The molecule has 2 fully saturated rings. The fraction of sp³-hybridized carbons (Fsp3) is 0.565. The lowest BCUT2D eigenvalue weighted by Crippen LogP contribution is -2.63. The molecule has 0 radical (unpaired) electrons. The van der Waals surface area contributed by atoms with E-state index in [9.17, 15) is 18.0 Å². The molecule has 3 heterocycles. The molecule has 0 bridgehead atoms. The number of nitrogens with zero attached hydrogens (tertiary/aromatic N) is 2. The van der Waals surface area contributed by atoms with E-state index in [4.69, 9.17) is 4.74 Å². The normalized spacial score (nSPS) is 21.2. The molecule has 0 aliphatic carbocycles. The summed E-state index contributed by atoms with van der Waals surface area (Å²) in [6, 6.07) is 6.26. The average molecular weight is 435 g/mol. The topological polar surface area (TPSA) is 54.5 Å². The molecule has 1 aromatic heterocycles. The van der Waals surface area contributed by atoms with E-state index in [1.807, 2.05) is 26.8 Å². The number of piperidine rings is 1. The molecule has 5 nitrogen and oxygen atoms in total. The molecule has 2 aliphatic rings. The number of rotatable bonds is 2. The van der Waals surface area contributed by atoms with Crippen molar-refractivity contribution in [1.82, 2.24) is 15.2 Å². The Labute approximate surface area is 180 Å². The molecule has 0 saturated carbocycles. The minimum absolute atomic E-state index is 0.115. The molecular weight excluding hydrogens is 407 g/mol. The number of benzene rings is 1. The Morgan fingerprint density at radius 1 is 1.23 bits per heavy atom. The number of carbonyl (C=O) groups excluding carboxylic acids is 1. The van der Waals surface area contributed by atoms with Gasteiger partial charge in [-0.15, -0.1) is 0 Å². The fourth-order valence-corrected chi connectivity index (χ4v) is 4.87. The van der Waals surface area contributed by atoms with Gasteiger partial charge in [-0.25, -0.2) is 4.79 Å². The van der Waals surface area contributed by atoms with Crippen LogP contribution in [0.2, 0.25) is 0 Å². The Hall–Kier alpha value is -2.35. The van der Waals surface area contributed by atoms with Crippen LogP contribution >= 0.6 is 0 Å². The van der Waals surface area contributed by atoms with Crippen LogP contribution in [-0.2, 0) is 11.2 Å². The molecule has 1 N–H and O–H groups in total. The number of likely N-dealkylation sites (tertiary alicyclic amines) is 1. The first-order chi connectivity index (χ1) is 14.5. The number of amides is 1. The summed E-state index contributed by atoms with van der Waals surface area (Å²) in [5.41, 5.74) is 0.920. The van der Waals surface area contributed by atoms with Crippen molar-refractivity contribution in [3.8, 4) is 0 Å². The predicted octanol–water partition coefficient (Wildman–Crippen LogP) is 5.00. The number of carbonyl (C=O) groups is 1. The van der Waals surface area contributed by atoms with Crippen molar-refractivity contribution in [2.24, 2.45) is 5.41 Å². The van der Waals surface area contributed by atoms with Crippen LogP contribution in [-0.4, -0.2) is 47.4 Å². The van der Waals surface area contributed by atoms with Crippen LogP contribution in [0.25, 0.3) is 10.9 Å². The summed E-state index contributed by atoms with van der Waals surface area (Å²) in [4.78, 5) is 19.0. The van der Waals surface area contributed by atoms with Crippen LogP contribution in [0.3, 0.4) is 0 Å². The van der Waals surface area contributed by atoms with Crippen LogP contribution in [0, 0.1) is 5.41 Å². The SMILES string of the molecule is CC(C)(C)OC(=O)N1CC2(CCNCC2)C1c1ccnc2ccc(CC(F)(F)F)cc12. The largest absolute Gasteiger partial charge is 0.444 e. The zero-order valence-corrected chi connectivity index (χ0v) is 18.1. The second-order valence-corrected chi connectivity index (χ2v) is 9.67. The first-order valence-corrected chi connectivity index (χ1v) is 10.6. The molecule has 8 heteroatoms. The van der Waals surface area contributed by atoms with Gasteiger partial charge in [-0.1, -0.05) is 6.07 Å². The monoisotopic (exact) mass is 435 g/mol. The molecule has 1 aromatic carbocycles. The number of hydrogen-bond donors (Lipinski definition) is 1. The molecule has 1 amide bonds. The molecule has 2 aliphatic heterocycles. The van der Waals surface area contributed by atoms with Crippen molar-refractivity contribution >= 4 is 17.0 Å². The highest BCUT2D eigenvalue weighted by molar-refractivity contribution is 5.84. The van der Waals surface area contributed by atoms with Crippen molar-refractivity contribution < 1.29 is 22.7 Å². The van der Waals surface area contributed by atoms with Crippen LogP contribution in [0.5, 0.6) is 0 Å². The standard InChI is InChI=1S/C23H28F3N3O2/c1-21(2,3)31-20(30)29-14-22(7-10-27-11-8-22)19(29)16-6-9-28-18-5-4-15(12-17(16)18)13-23(24,25)26/h4-6,9,12,19,27H,7-8,10-11,13-14H2,1-3H3. The van der Waals surface area contributed by atoms with E-state index >= 15 is 0 Å². The van der Waals surface area contributed by atoms with E-state index in [1.54, 1.807) is 23.2 Å². The summed E-state index contributed by atoms with van der Waals surface area (Å²) in [7, 11) is 0. The highest BCUT2D eigenvalue weighted by Crippen LogP contribution is 2.55. The zero-order valence-electron chi connectivity index (χ0n) is 18.1. The minimum atomic E-state index is -4.29. The number of fused-ring (bicyclic) bond motifs is 1. The van der Waals surface area contributed by atoms with Gasteiger partial charge in [-0.05, 0) is 76.0 Å². The van der Waals surface area contributed by atoms with Gasteiger partial charge in [0, 0.05) is 23.5 Å². The second-order valence-electron chi connectivity index (χ2n) is 9.67. The third-order valence-corrected chi connectivity index (χ3v) is 6.14. The Morgan fingerprint density at radius 2 is 1.94 bits per heavy atom. The van der Waals surface area contributed by atoms with E-state index in [1.165, 1.54) is 6.07 Å². The van der Waals surface area contributed by atoms with E-state index in [0.29, 0.717) is 17.4 Å². The van der Waals surface area contributed by atoms with Crippen LogP contribution in [0.4, 0.5) is 18.0 Å². The van der Waals surface area contributed by atoms with E-state index in [-0.39, 0.29) is 17.0 Å². The van der Waals surface area contributed by atoms with E-state index in [0.717, 1.165) is 31.5 Å². The maximum Gasteiger partial charge on any atom is 0.410 e. The number of hydrogen-bond acceptors (Lipinski definition) is 4. The number of ether oxygens (including phenoxy) is 1. The number of pyridine rings is 1. The summed E-state index contributed by atoms with van der Waals surface area (Å²) in [5.74, 6) is 0. The van der Waals surface area contributed by atoms with Gasteiger partial charge in [-0.3, -0.25) is 9.88 Å². The average Bonchev–Trinajstić information content (AvgIpc) is 2.65. The van der Waals surface area contributed by atoms with Crippen molar-refractivity contribution in [1.29, 1.82) is 0 Å². The van der Waals surface area contributed by atoms with Crippen LogP contribution < -0.4 is 5.32 Å². The van der Waals surface area contributed by atoms with Crippen molar-refractivity contribution in [3.05, 3.63) is 41.6 Å². The third kappa shape index (κ3) is 4.49. The molecular formula is C23H28F3N3O2. The number of alkyl halides is 3. The maximum absolute atomic E-state index is 13.0. The molecule has 1 unspecified atom stereocenters.